The van der Waals surface area contributed by atoms with E-state index >= 15 is 0 Å². The Kier molecular flexibility index (Phi) is 9.12. The van der Waals surface area contributed by atoms with Gasteiger partial charge in [-0.1, -0.05) is 37.3 Å². The van der Waals surface area contributed by atoms with Gasteiger partial charge in [0.25, 0.3) is 5.91 Å². The minimum Gasteiger partial charge on any atom is -0.496 e. The van der Waals surface area contributed by atoms with Gasteiger partial charge >= 0.3 is 5.97 Å². The number of methoxy groups -OCH3 is 3. The van der Waals surface area contributed by atoms with Crippen LogP contribution in [0.5, 0.6) is 11.5 Å². The second-order valence-corrected chi connectivity index (χ2v) is 9.01. The number of benzene rings is 2. The van der Waals surface area contributed by atoms with Crippen molar-refractivity contribution in [3.8, 4) is 22.6 Å². The molecule has 0 radical (unpaired) electrons. The topological polar surface area (TPSA) is 103 Å². The van der Waals surface area contributed by atoms with Gasteiger partial charge in [0, 0.05) is 26.7 Å². The van der Waals surface area contributed by atoms with E-state index in [2.05, 4.69) is 5.32 Å². The molecule has 0 saturated carbocycles. The van der Waals surface area contributed by atoms with Gasteiger partial charge in [0.05, 0.1) is 19.8 Å². The van der Waals surface area contributed by atoms with E-state index in [4.69, 9.17) is 18.9 Å². The fourth-order valence-corrected chi connectivity index (χ4v) is 4.71. The Labute approximate surface area is 206 Å². The first-order chi connectivity index (χ1) is 16.8. The summed E-state index contributed by atoms with van der Waals surface area (Å²) in [5.41, 5.74) is 1.46. The van der Waals surface area contributed by atoms with Gasteiger partial charge in [-0.2, -0.15) is 0 Å². The first kappa shape index (κ1) is 26.5. The zero-order valence-electron chi connectivity index (χ0n) is 20.8. The average molecular weight is 486 g/mol. The predicted molar refractivity (Wildman–Crippen MR) is 132 cm³/mol. The van der Waals surface area contributed by atoms with Crippen LogP contribution in [0.4, 0.5) is 0 Å². The lowest BCUT2D eigenvalue weighted by Crippen LogP contribution is -2.53. The number of aliphatic carboxylic acids is 1. The molecule has 0 aliphatic carbocycles. The zero-order valence-corrected chi connectivity index (χ0v) is 20.8. The first-order valence-corrected chi connectivity index (χ1v) is 11.8. The molecular formula is C27H35NO7. The number of ether oxygens (including phenoxy) is 4. The van der Waals surface area contributed by atoms with Gasteiger partial charge in [0.1, 0.15) is 23.1 Å². The van der Waals surface area contributed by atoms with Gasteiger partial charge in [-0.15, -0.1) is 0 Å². The summed E-state index contributed by atoms with van der Waals surface area (Å²) in [6, 6.07) is 12.0. The molecule has 190 valence electrons. The minimum atomic E-state index is -1.09. The second-order valence-electron chi connectivity index (χ2n) is 9.01. The standard InChI is InChI=1S/C27H35NO7/c1-18(17-32-2)16-27(13-6-14-35-27)26(31)28-21(25(29)30)15-19-9-11-20(12-10-19)24-22(33-3)7-5-8-23(24)34-4/h5,7-12,18,21H,6,13-17H2,1-4H3,(H,28,31)(H,29,30)/t18?,21-,27?/m0/s1. The molecule has 0 aromatic heterocycles. The summed E-state index contributed by atoms with van der Waals surface area (Å²) in [5.74, 6) is -0.00559. The summed E-state index contributed by atoms with van der Waals surface area (Å²) in [7, 11) is 4.82. The van der Waals surface area contributed by atoms with Crippen molar-refractivity contribution in [2.75, 3.05) is 34.5 Å². The predicted octanol–water partition coefficient (Wildman–Crippen LogP) is 3.70. The summed E-state index contributed by atoms with van der Waals surface area (Å²) >= 11 is 0. The highest BCUT2D eigenvalue weighted by atomic mass is 16.5. The van der Waals surface area contributed by atoms with Crippen molar-refractivity contribution < 1.29 is 33.6 Å². The van der Waals surface area contributed by atoms with Crippen molar-refractivity contribution in [2.24, 2.45) is 5.92 Å². The maximum atomic E-state index is 13.2. The van der Waals surface area contributed by atoms with Gasteiger partial charge in [0.15, 0.2) is 0 Å². The monoisotopic (exact) mass is 485 g/mol. The van der Waals surface area contributed by atoms with Gasteiger partial charge in [-0.05, 0) is 48.4 Å². The van der Waals surface area contributed by atoms with Gasteiger partial charge in [0.2, 0.25) is 0 Å². The lowest BCUT2D eigenvalue weighted by atomic mass is 9.87. The van der Waals surface area contributed by atoms with E-state index in [0.717, 1.165) is 23.1 Å². The van der Waals surface area contributed by atoms with E-state index in [0.29, 0.717) is 37.6 Å². The number of carboxylic acid groups (broad SMARTS) is 1. The van der Waals surface area contributed by atoms with Crippen LogP contribution in [0.3, 0.4) is 0 Å². The van der Waals surface area contributed by atoms with Crippen LogP contribution in [-0.4, -0.2) is 63.2 Å². The molecule has 0 bridgehead atoms. The molecule has 8 nitrogen and oxygen atoms in total. The number of nitrogens with one attached hydrogen (secondary N) is 1. The van der Waals surface area contributed by atoms with E-state index in [-0.39, 0.29) is 18.2 Å². The molecule has 2 aromatic carbocycles. The van der Waals surface area contributed by atoms with Crippen LogP contribution < -0.4 is 14.8 Å². The first-order valence-electron chi connectivity index (χ1n) is 11.8. The quantitative estimate of drug-likeness (QED) is 0.472. The van der Waals surface area contributed by atoms with Gasteiger partial charge < -0.3 is 29.4 Å². The lowest BCUT2D eigenvalue weighted by Gasteiger charge is -2.31. The van der Waals surface area contributed by atoms with Crippen molar-refractivity contribution in [1.29, 1.82) is 0 Å². The van der Waals surface area contributed by atoms with E-state index < -0.39 is 17.6 Å². The molecule has 2 unspecified atom stereocenters. The number of carbonyl (C=O) groups excluding carboxylic acids is 1. The molecule has 0 spiro atoms. The number of hydrogen-bond donors (Lipinski definition) is 2. The van der Waals surface area contributed by atoms with Crippen LogP contribution in [0.25, 0.3) is 11.1 Å². The summed E-state index contributed by atoms with van der Waals surface area (Å²) in [5, 5.41) is 12.6. The number of amides is 1. The molecule has 8 heteroatoms. The van der Waals surface area contributed by atoms with Crippen molar-refractivity contribution in [3.05, 3.63) is 48.0 Å². The van der Waals surface area contributed by atoms with E-state index in [1.807, 2.05) is 49.4 Å². The van der Waals surface area contributed by atoms with Crippen molar-refractivity contribution in [1.82, 2.24) is 5.32 Å². The highest BCUT2D eigenvalue weighted by molar-refractivity contribution is 5.89. The molecule has 2 N–H and O–H groups in total. The lowest BCUT2D eigenvalue weighted by molar-refractivity contribution is -0.150. The van der Waals surface area contributed by atoms with Crippen LogP contribution in [0.15, 0.2) is 42.5 Å². The Hall–Kier alpha value is -3.10. The normalized spacial score (nSPS) is 19.1. The second kappa shape index (κ2) is 12.0. The maximum absolute atomic E-state index is 13.2. The van der Waals surface area contributed by atoms with Crippen molar-refractivity contribution in [2.45, 2.75) is 44.2 Å². The summed E-state index contributed by atoms with van der Waals surface area (Å²) in [6.45, 7) is 2.98. The highest BCUT2D eigenvalue weighted by Gasteiger charge is 2.44. The number of carbonyl (C=O) groups is 2. The minimum absolute atomic E-state index is 0.103. The summed E-state index contributed by atoms with van der Waals surface area (Å²) < 4.78 is 22.1. The summed E-state index contributed by atoms with van der Waals surface area (Å²) in [4.78, 5) is 25.3. The smallest absolute Gasteiger partial charge is 0.326 e. The SMILES string of the molecule is COCC(C)CC1(C(=O)N[C@@H](Cc2ccc(-c3c(OC)cccc3OC)cc2)C(=O)O)CCCO1. The Bertz CT molecular complexity index is 977. The third kappa shape index (κ3) is 6.32. The molecular weight excluding hydrogens is 450 g/mol. The van der Waals surface area contributed by atoms with Crippen LogP contribution >= 0.6 is 0 Å². The molecule has 1 aliphatic rings. The maximum Gasteiger partial charge on any atom is 0.326 e. The van der Waals surface area contributed by atoms with Crippen LogP contribution in [0.2, 0.25) is 0 Å². The average Bonchev–Trinajstić information content (AvgIpc) is 3.33. The Morgan fingerprint density at radius 1 is 1.09 bits per heavy atom. The fourth-order valence-electron chi connectivity index (χ4n) is 4.71. The molecule has 1 aliphatic heterocycles. The molecule has 3 atom stereocenters. The van der Waals surface area contributed by atoms with E-state index in [1.54, 1.807) is 21.3 Å². The van der Waals surface area contributed by atoms with Crippen molar-refractivity contribution in [3.63, 3.8) is 0 Å². The van der Waals surface area contributed by atoms with Crippen LogP contribution in [0.1, 0.15) is 31.7 Å². The third-order valence-corrected chi connectivity index (χ3v) is 6.36. The number of carboxylic acids is 1. The Balaban J connectivity index is 1.76. The molecule has 3 rings (SSSR count). The molecule has 1 fully saturated rings. The Morgan fingerprint density at radius 3 is 2.26 bits per heavy atom. The summed E-state index contributed by atoms with van der Waals surface area (Å²) in [6.07, 6.45) is 1.95. The Morgan fingerprint density at radius 2 is 1.74 bits per heavy atom. The molecule has 1 saturated heterocycles. The van der Waals surface area contributed by atoms with Gasteiger partial charge in [-0.3, -0.25) is 4.79 Å². The third-order valence-electron chi connectivity index (χ3n) is 6.36. The molecule has 2 aromatic rings. The number of hydrogen-bond acceptors (Lipinski definition) is 6. The van der Waals surface area contributed by atoms with Crippen molar-refractivity contribution >= 4 is 11.9 Å². The molecule has 35 heavy (non-hydrogen) atoms. The van der Waals surface area contributed by atoms with Crippen LogP contribution in [-0.2, 0) is 25.5 Å². The number of rotatable bonds is 12. The molecule has 1 heterocycles. The zero-order chi connectivity index (χ0) is 25.4. The molecule has 1 amide bonds. The van der Waals surface area contributed by atoms with E-state index in [1.165, 1.54) is 0 Å². The van der Waals surface area contributed by atoms with Gasteiger partial charge in [-0.25, -0.2) is 4.79 Å². The highest BCUT2D eigenvalue weighted by Crippen LogP contribution is 2.38. The largest absolute Gasteiger partial charge is 0.496 e. The van der Waals surface area contributed by atoms with E-state index in [9.17, 15) is 14.7 Å². The fraction of sp³-hybridized carbons (Fsp3) is 0.481. The van der Waals surface area contributed by atoms with Crippen LogP contribution in [0, 0.1) is 5.92 Å².